The van der Waals surface area contributed by atoms with Crippen LogP contribution in [0.5, 0.6) is 0 Å². The van der Waals surface area contributed by atoms with Gasteiger partial charge in [-0.25, -0.2) is 0 Å². The van der Waals surface area contributed by atoms with E-state index >= 15 is 0 Å². The predicted octanol–water partition coefficient (Wildman–Crippen LogP) is 9.93. The number of fused-ring (bicyclic) bond motifs is 6. The van der Waals surface area contributed by atoms with Gasteiger partial charge in [-0.15, -0.1) is 0 Å². The van der Waals surface area contributed by atoms with Crippen LogP contribution in [0.25, 0.3) is 65.3 Å². The standard InChI is InChI=1S/C38H20F6N4/c1-19-7-20(2)9-23(8-19)21-3-5-27-29-15-34-30(16-33(29)35(47-17-45)31(27)12-21)28-6-4-22(13-32(28)36(34)48-18-46)24-10-25(37(39,40)41)14-26(11-24)38(42,43)44/h3-16H,1-2H3/b47-35+,48-36+. The molecule has 10 heteroatoms. The lowest BCUT2D eigenvalue weighted by atomic mass is 9.97. The van der Waals surface area contributed by atoms with E-state index in [0.29, 0.717) is 44.4 Å². The molecule has 0 amide bonds. The zero-order valence-corrected chi connectivity index (χ0v) is 25.1. The first-order chi connectivity index (χ1) is 22.8. The van der Waals surface area contributed by atoms with Crippen LogP contribution in [0.3, 0.4) is 0 Å². The first-order valence-electron chi connectivity index (χ1n) is 14.6. The Balaban J connectivity index is 1.50. The van der Waals surface area contributed by atoms with Gasteiger partial charge in [0.2, 0.25) is 12.4 Å². The lowest BCUT2D eigenvalue weighted by Gasteiger charge is -2.14. The number of nitriles is 2. The van der Waals surface area contributed by atoms with Crippen LogP contribution >= 0.6 is 0 Å². The first-order valence-corrected chi connectivity index (χ1v) is 14.6. The maximum absolute atomic E-state index is 13.6. The summed E-state index contributed by atoms with van der Waals surface area (Å²) < 4.78 is 81.6. The third-order valence-electron chi connectivity index (χ3n) is 8.60. The van der Waals surface area contributed by atoms with Gasteiger partial charge >= 0.3 is 12.4 Å². The fourth-order valence-electron chi connectivity index (χ4n) is 6.64. The molecule has 234 valence electrons. The van der Waals surface area contributed by atoms with Crippen molar-refractivity contribution in [3.63, 3.8) is 0 Å². The Morgan fingerprint density at radius 2 is 0.833 bits per heavy atom. The van der Waals surface area contributed by atoms with Gasteiger partial charge in [-0.2, -0.15) is 46.9 Å². The number of alkyl halides is 6. The van der Waals surface area contributed by atoms with Crippen LogP contribution in [0.15, 0.2) is 94.9 Å². The third kappa shape index (κ3) is 5.03. The molecule has 0 spiro atoms. The Morgan fingerprint density at radius 3 is 1.23 bits per heavy atom. The van der Waals surface area contributed by atoms with Crippen LogP contribution in [0, 0.1) is 36.8 Å². The molecule has 0 heterocycles. The summed E-state index contributed by atoms with van der Waals surface area (Å²) in [6.45, 7) is 4.04. The molecule has 4 nitrogen and oxygen atoms in total. The average molecular weight is 647 g/mol. The number of aryl methyl sites for hydroxylation is 2. The highest BCUT2D eigenvalue weighted by atomic mass is 19.4. The summed E-state index contributed by atoms with van der Waals surface area (Å²) >= 11 is 0. The van der Waals surface area contributed by atoms with Crippen LogP contribution in [-0.4, -0.2) is 0 Å². The largest absolute Gasteiger partial charge is 0.416 e. The van der Waals surface area contributed by atoms with Gasteiger partial charge in [0, 0.05) is 21.5 Å². The molecular weight excluding hydrogens is 626 g/mol. The van der Waals surface area contributed by atoms with E-state index in [1.807, 2.05) is 50.4 Å². The SMILES string of the molecule is Cc1cc(C)cc(-c2ccc3c(c2)/c(=N\C#N)c2cc4c(cc23)/c(=N/C#N)c2cc(-c3cc(C(F)(F)F)cc(C(F)(F)F)c3)ccc24)c1. The van der Waals surface area contributed by atoms with Crippen molar-refractivity contribution in [2.24, 2.45) is 9.98 Å². The highest BCUT2D eigenvalue weighted by molar-refractivity contribution is 6.21. The zero-order valence-electron chi connectivity index (χ0n) is 25.1. The van der Waals surface area contributed by atoms with E-state index in [-0.39, 0.29) is 22.6 Å². The van der Waals surface area contributed by atoms with E-state index in [1.165, 1.54) is 12.1 Å². The van der Waals surface area contributed by atoms with Gasteiger partial charge in [0.25, 0.3) is 0 Å². The minimum atomic E-state index is -5.00. The summed E-state index contributed by atoms with van der Waals surface area (Å²) in [7, 11) is 0. The highest BCUT2D eigenvalue weighted by Crippen LogP contribution is 2.40. The van der Waals surface area contributed by atoms with Crippen LogP contribution in [0.2, 0.25) is 0 Å². The van der Waals surface area contributed by atoms with E-state index in [9.17, 15) is 36.9 Å². The van der Waals surface area contributed by atoms with Gasteiger partial charge in [0.15, 0.2) is 0 Å². The van der Waals surface area contributed by atoms with E-state index in [2.05, 4.69) is 28.2 Å². The number of hydrogen-bond donors (Lipinski definition) is 0. The summed E-state index contributed by atoms with van der Waals surface area (Å²) in [5, 5.41) is 25.1. The van der Waals surface area contributed by atoms with E-state index in [1.54, 1.807) is 12.3 Å². The molecule has 7 aromatic rings. The van der Waals surface area contributed by atoms with Crippen LogP contribution in [0.4, 0.5) is 26.3 Å². The lowest BCUT2D eigenvalue weighted by molar-refractivity contribution is -0.143. The lowest BCUT2D eigenvalue weighted by Crippen LogP contribution is -2.11. The van der Waals surface area contributed by atoms with Gasteiger partial charge < -0.3 is 0 Å². The Hall–Kier alpha value is -6.00. The molecule has 0 aliphatic carbocycles. The summed E-state index contributed by atoms with van der Waals surface area (Å²) in [4.78, 5) is 8.22. The van der Waals surface area contributed by atoms with Crippen LogP contribution < -0.4 is 10.7 Å². The second-order valence-electron chi connectivity index (χ2n) is 11.8. The van der Waals surface area contributed by atoms with Crippen molar-refractivity contribution in [2.75, 3.05) is 0 Å². The van der Waals surface area contributed by atoms with Gasteiger partial charge in [-0.05, 0) is 100 Å². The summed E-state index contributed by atoms with van der Waals surface area (Å²) in [5.41, 5.74) is 1.12. The molecule has 0 fully saturated rings. The number of rotatable bonds is 2. The van der Waals surface area contributed by atoms with E-state index < -0.39 is 23.5 Å². The molecule has 0 N–H and O–H groups in total. The van der Waals surface area contributed by atoms with Gasteiger partial charge in [-0.1, -0.05) is 53.6 Å². The normalized spacial score (nSPS) is 13.2. The number of benzene rings is 5. The smallest absolute Gasteiger partial charge is 0.172 e. The molecule has 0 radical (unpaired) electrons. The number of halogens is 6. The fourth-order valence-corrected chi connectivity index (χ4v) is 6.64. The Kier molecular flexibility index (Phi) is 6.88. The molecule has 0 bridgehead atoms. The maximum atomic E-state index is 13.6. The van der Waals surface area contributed by atoms with Crippen molar-refractivity contribution >= 4 is 43.1 Å². The van der Waals surface area contributed by atoms with Crippen molar-refractivity contribution < 1.29 is 26.3 Å². The minimum absolute atomic E-state index is 0.0833. The van der Waals surface area contributed by atoms with Crippen molar-refractivity contribution in [3.8, 4) is 34.6 Å². The quantitative estimate of drug-likeness (QED) is 0.139. The molecule has 0 saturated carbocycles. The molecule has 0 saturated heterocycles. The highest BCUT2D eigenvalue weighted by Gasteiger charge is 2.37. The third-order valence-corrected chi connectivity index (χ3v) is 8.60. The van der Waals surface area contributed by atoms with Crippen molar-refractivity contribution in [1.82, 2.24) is 0 Å². The molecule has 0 aromatic heterocycles. The second kappa shape index (κ2) is 10.8. The molecule has 0 aliphatic heterocycles. The van der Waals surface area contributed by atoms with Gasteiger partial charge in [0.1, 0.15) is 0 Å². The molecule has 0 unspecified atom stereocenters. The summed E-state index contributed by atoms with van der Waals surface area (Å²) in [6.07, 6.45) is -6.32. The zero-order chi connectivity index (χ0) is 34.1. The van der Waals surface area contributed by atoms with Crippen LogP contribution in [-0.2, 0) is 12.4 Å². The van der Waals surface area contributed by atoms with Crippen molar-refractivity contribution in [3.05, 3.63) is 118 Å². The topological polar surface area (TPSA) is 72.3 Å². The average Bonchev–Trinajstić information content (AvgIpc) is 3.49. The van der Waals surface area contributed by atoms with Crippen LogP contribution in [0.1, 0.15) is 22.3 Å². The summed E-state index contributed by atoms with van der Waals surface area (Å²) in [6, 6.07) is 21.7. The van der Waals surface area contributed by atoms with Crippen molar-refractivity contribution in [1.29, 1.82) is 10.5 Å². The predicted molar refractivity (Wildman–Crippen MR) is 172 cm³/mol. The second-order valence-corrected chi connectivity index (χ2v) is 11.8. The molecule has 0 atom stereocenters. The van der Waals surface area contributed by atoms with Crippen molar-refractivity contribution in [2.45, 2.75) is 26.2 Å². The molecular formula is C38H20F6N4. The minimum Gasteiger partial charge on any atom is -0.172 e. The molecule has 7 rings (SSSR count). The van der Waals surface area contributed by atoms with Gasteiger partial charge in [0.05, 0.1) is 21.8 Å². The first kappa shape index (κ1) is 30.6. The fraction of sp³-hybridized carbons (Fsp3) is 0.105. The van der Waals surface area contributed by atoms with E-state index in [0.717, 1.165) is 38.4 Å². The number of hydrogen-bond acceptors (Lipinski definition) is 4. The Morgan fingerprint density at radius 1 is 0.438 bits per heavy atom. The molecule has 7 aromatic carbocycles. The number of nitrogens with zero attached hydrogens (tertiary/aromatic N) is 4. The van der Waals surface area contributed by atoms with Gasteiger partial charge in [-0.3, -0.25) is 0 Å². The molecule has 48 heavy (non-hydrogen) atoms. The Labute approximate surface area is 268 Å². The molecule has 0 aliphatic rings. The van der Waals surface area contributed by atoms with E-state index in [4.69, 9.17) is 0 Å². The maximum Gasteiger partial charge on any atom is 0.416 e. The summed E-state index contributed by atoms with van der Waals surface area (Å²) in [5.74, 6) is 0. The monoisotopic (exact) mass is 646 g/mol. The Bertz CT molecular complexity index is 2640.